The van der Waals surface area contributed by atoms with Crippen molar-refractivity contribution < 1.29 is 15.0 Å². The second-order valence-corrected chi connectivity index (χ2v) is 6.44. The fraction of sp³-hybridized carbons (Fsp3) is 0.500. The minimum absolute atomic E-state index is 0.0339. The molecule has 0 heterocycles. The van der Waals surface area contributed by atoms with E-state index in [4.69, 9.17) is 0 Å². The lowest BCUT2D eigenvalue weighted by molar-refractivity contribution is 0.101. The van der Waals surface area contributed by atoms with E-state index in [1.165, 1.54) is 18.6 Å². The molecule has 1 aliphatic carbocycles. The number of carbonyl (C=O) groups excluding carboxylic acids is 1. The molecule has 1 aromatic rings. The summed E-state index contributed by atoms with van der Waals surface area (Å²) in [5.74, 6) is 0.490. The van der Waals surface area contributed by atoms with Gasteiger partial charge in [0.2, 0.25) is 0 Å². The molecule has 0 spiro atoms. The quantitative estimate of drug-likeness (QED) is 0.640. The Bertz CT molecular complexity index is 584. The van der Waals surface area contributed by atoms with E-state index in [0.717, 1.165) is 18.4 Å². The summed E-state index contributed by atoms with van der Waals surface area (Å²) in [5.41, 5.74) is 2.09. The van der Waals surface area contributed by atoms with Crippen LogP contribution in [0.2, 0.25) is 0 Å². The van der Waals surface area contributed by atoms with Gasteiger partial charge in [-0.05, 0) is 44.6 Å². The van der Waals surface area contributed by atoms with Gasteiger partial charge in [0, 0.05) is 11.5 Å². The van der Waals surface area contributed by atoms with E-state index in [1.807, 2.05) is 0 Å². The Kier molecular flexibility index (Phi) is 4.40. The Morgan fingerprint density at radius 2 is 1.95 bits per heavy atom. The number of benzene rings is 1. The molecule has 2 N–H and O–H groups in total. The number of phenols is 2. The summed E-state index contributed by atoms with van der Waals surface area (Å²) < 4.78 is 0. The summed E-state index contributed by atoms with van der Waals surface area (Å²) in [5, 5.41) is 20.3. The predicted octanol–water partition coefficient (Wildman–Crippen LogP) is 4.40. The number of allylic oxidation sites excluding steroid dienone is 2. The fourth-order valence-electron chi connectivity index (χ4n) is 3.37. The SMILES string of the molecule is CC(=O)c1c(O)ccc(C2C=C(C)CCC2C(C)C)c1O. The molecule has 0 fully saturated rings. The predicted molar refractivity (Wildman–Crippen MR) is 83.8 cm³/mol. The van der Waals surface area contributed by atoms with Crippen molar-refractivity contribution in [3.05, 3.63) is 34.9 Å². The number of hydrogen-bond acceptors (Lipinski definition) is 3. The highest BCUT2D eigenvalue weighted by atomic mass is 16.3. The monoisotopic (exact) mass is 288 g/mol. The van der Waals surface area contributed by atoms with Gasteiger partial charge in [-0.25, -0.2) is 0 Å². The van der Waals surface area contributed by atoms with Crippen LogP contribution in [0.5, 0.6) is 11.5 Å². The van der Waals surface area contributed by atoms with Gasteiger partial charge in [0.05, 0.1) is 0 Å². The van der Waals surface area contributed by atoms with E-state index in [9.17, 15) is 15.0 Å². The van der Waals surface area contributed by atoms with E-state index in [2.05, 4.69) is 26.8 Å². The van der Waals surface area contributed by atoms with E-state index in [-0.39, 0.29) is 28.8 Å². The summed E-state index contributed by atoms with van der Waals surface area (Å²) in [6.45, 7) is 7.85. The van der Waals surface area contributed by atoms with Crippen LogP contribution in [0.1, 0.15) is 62.4 Å². The van der Waals surface area contributed by atoms with E-state index in [1.54, 1.807) is 6.07 Å². The second-order valence-electron chi connectivity index (χ2n) is 6.44. The van der Waals surface area contributed by atoms with Crippen LogP contribution < -0.4 is 0 Å². The maximum Gasteiger partial charge on any atom is 0.167 e. The highest BCUT2D eigenvalue weighted by molar-refractivity contribution is 5.99. The Balaban J connectivity index is 2.56. The van der Waals surface area contributed by atoms with Crippen LogP contribution in [0.3, 0.4) is 0 Å². The minimum Gasteiger partial charge on any atom is -0.507 e. The number of carbonyl (C=O) groups is 1. The van der Waals surface area contributed by atoms with Crippen LogP contribution in [-0.2, 0) is 0 Å². The average molecular weight is 288 g/mol. The highest BCUT2D eigenvalue weighted by Crippen LogP contribution is 2.45. The molecule has 1 aliphatic rings. The van der Waals surface area contributed by atoms with Crippen molar-refractivity contribution in [3.63, 3.8) is 0 Å². The van der Waals surface area contributed by atoms with E-state index in [0.29, 0.717) is 11.8 Å². The summed E-state index contributed by atoms with van der Waals surface area (Å²) in [6.07, 6.45) is 4.36. The fourth-order valence-corrected chi connectivity index (χ4v) is 3.37. The van der Waals surface area contributed by atoms with Crippen molar-refractivity contribution in [2.24, 2.45) is 11.8 Å². The standard InChI is InChI=1S/C18H24O3/c1-10(2)13-6-5-11(3)9-15(13)14-7-8-16(20)17(12(4)19)18(14)21/h7-10,13,15,20-21H,5-6H2,1-4H3. The van der Waals surface area contributed by atoms with E-state index < -0.39 is 0 Å². The van der Waals surface area contributed by atoms with Gasteiger partial charge in [0.1, 0.15) is 17.1 Å². The van der Waals surface area contributed by atoms with Crippen LogP contribution in [0.25, 0.3) is 0 Å². The molecule has 0 bridgehead atoms. The molecule has 0 aromatic heterocycles. The third-order valence-electron chi connectivity index (χ3n) is 4.55. The van der Waals surface area contributed by atoms with Gasteiger partial charge in [-0.1, -0.05) is 31.6 Å². The molecule has 3 nitrogen and oxygen atoms in total. The molecule has 2 rings (SSSR count). The summed E-state index contributed by atoms with van der Waals surface area (Å²) in [4.78, 5) is 11.7. The van der Waals surface area contributed by atoms with Gasteiger partial charge in [-0.2, -0.15) is 0 Å². The van der Waals surface area contributed by atoms with Crippen molar-refractivity contribution in [1.82, 2.24) is 0 Å². The summed E-state index contributed by atoms with van der Waals surface area (Å²) in [6, 6.07) is 3.26. The minimum atomic E-state index is -0.315. The third-order valence-corrected chi connectivity index (χ3v) is 4.55. The zero-order chi connectivity index (χ0) is 15.7. The van der Waals surface area contributed by atoms with Crippen LogP contribution in [0, 0.1) is 11.8 Å². The van der Waals surface area contributed by atoms with Crippen LogP contribution in [0.4, 0.5) is 0 Å². The van der Waals surface area contributed by atoms with Crippen LogP contribution >= 0.6 is 0 Å². The van der Waals surface area contributed by atoms with Crippen LogP contribution in [0.15, 0.2) is 23.8 Å². The Morgan fingerprint density at radius 1 is 1.29 bits per heavy atom. The number of rotatable bonds is 3. The maximum atomic E-state index is 11.7. The molecule has 2 atom stereocenters. The van der Waals surface area contributed by atoms with Gasteiger partial charge < -0.3 is 10.2 Å². The number of phenolic OH excluding ortho intramolecular Hbond substituents is 2. The second kappa shape index (κ2) is 5.92. The molecule has 0 aliphatic heterocycles. The van der Waals surface area contributed by atoms with Crippen molar-refractivity contribution in [2.75, 3.05) is 0 Å². The number of aromatic hydroxyl groups is 2. The van der Waals surface area contributed by atoms with Crippen molar-refractivity contribution in [2.45, 2.75) is 46.5 Å². The van der Waals surface area contributed by atoms with Gasteiger partial charge in [0.15, 0.2) is 5.78 Å². The smallest absolute Gasteiger partial charge is 0.167 e. The first kappa shape index (κ1) is 15.6. The molecule has 21 heavy (non-hydrogen) atoms. The molecule has 2 unspecified atom stereocenters. The molecule has 0 radical (unpaired) electrons. The first-order valence-corrected chi connectivity index (χ1v) is 7.56. The Labute approximate surface area is 126 Å². The Morgan fingerprint density at radius 3 is 2.52 bits per heavy atom. The van der Waals surface area contributed by atoms with E-state index >= 15 is 0 Å². The first-order valence-electron chi connectivity index (χ1n) is 7.56. The lowest BCUT2D eigenvalue weighted by atomic mass is 9.71. The van der Waals surface area contributed by atoms with Crippen molar-refractivity contribution >= 4 is 5.78 Å². The van der Waals surface area contributed by atoms with Gasteiger partial charge in [-0.3, -0.25) is 4.79 Å². The Hall–Kier alpha value is -1.77. The molecule has 114 valence electrons. The lowest BCUT2D eigenvalue weighted by Gasteiger charge is -2.33. The number of Topliss-reactive ketones (excluding diaryl/α,β-unsaturated/α-hetero) is 1. The maximum absolute atomic E-state index is 11.7. The zero-order valence-corrected chi connectivity index (χ0v) is 13.2. The molecule has 0 amide bonds. The number of ketones is 1. The summed E-state index contributed by atoms with van der Waals surface area (Å²) >= 11 is 0. The van der Waals surface area contributed by atoms with Gasteiger partial charge in [0.25, 0.3) is 0 Å². The molecule has 0 saturated heterocycles. The largest absolute Gasteiger partial charge is 0.507 e. The number of hydrogen-bond donors (Lipinski definition) is 2. The average Bonchev–Trinajstić information content (AvgIpc) is 2.37. The highest BCUT2D eigenvalue weighted by Gasteiger charge is 2.30. The third kappa shape index (κ3) is 2.97. The van der Waals surface area contributed by atoms with Gasteiger partial charge >= 0.3 is 0 Å². The normalized spacial score (nSPS) is 22.2. The summed E-state index contributed by atoms with van der Waals surface area (Å²) in [7, 11) is 0. The van der Waals surface area contributed by atoms with Crippen molar-refractivity contribution in [1.29, 1.82) is 0 Å². The zero-order valence-electron chi connectivity index (χ0n) is 13.2. The van der Waals surface area contributed by atoms with Crippen LogP contribution in [-0.4, -0.2) is 16.0 Å². The first-order chi connectivity index (χ1) is 9.82. The topological polar surface area (TPSA) is 57.5 Å². The molecule has 0 saturated carbocycles. The molecule has 3 heteroatoms. The lowest BCUT2D eigenvalue weighted by Crippen LogP contribution is -2.21. The molecule has 1 aromatic carbocycles. The molecular weight excluding hydrogens is 264 g/mol. The molecular formula is C18H24O3. The van der Waals surface area contributed by atoms with Gasteiger partial charge in [-0.15, -0.1) is 0 Å². The van der Waals surface area contributed by atoms with Crippen molar-refractivity contribution in [3.8, 4) is 11.5 Å².